The topological polar surface area (TPSA) is 24.4 Å². The molecule has 1 atom stereocenters. The first-order chi connectivity index (χ1) is 17.5. The molecule has 0 saturated heterocycles. The molecule has 0 aromatic heterocycles. The maximum absolute atomic E-state index is 13.6. The quantitative estimate of drug-likeness (QED) is 0.290. The summed E-state index contributed by atoms with van der Waals surface area (Å²) in [5.41, 5.74) is 6.47. The number of alkyl halides is 3. The molecule has 1 N–H and O–H groups in total. The number of nitrogens with zero attached hydrogens (tertiary/aromatic N) is 1. The highest BCUT2D eigenvalue weighted by Crippen LogP contribution is 2.43. The zero-order valence-corrected chi connectivity index (χ0v) is 21.7. The average Bonchev–Trinajstić information content (AvgIpc) is 3.12. The number of aliphatic imine (C=N–C) groups is 1. The third-order valence-corrected chi connectivity index (χ3v) is 7.09. The van der Waals surface area contributed by atoms with Gasteiger partial charge < -0.3 is 5.32 Å². The second kappa shape index (κ2) is 9.37. The highest BCUT2D eigenvalue weighted by atomic mass is 19.4. The van der Waals surface area contributed by atoms with E-state index in [9.17, 15) is 13.2 Å². The molecule has 0 saturated carbocycles. The van der Waals surface area contributed by atoms with Crippen LogP contribution in [0.15, 0.2) is 77.8 Å². The van der Waals surface area contributed by atoms with Crippen LogP contribution in [0.25, 0.3) is 10.8 Å². The molecule has 1 aliphatic rings. The maximum Gasteiger partial charge on any atom is 0.416 e. The highest BCUT2D eigenvalue weighted by Gasteiger charge is 2.34. The molecule has 190 valence electrons. The Morgan fingerprint density at radius 2 is 1.43 bits per heavy atom. The number of hydrogen-bond acceptors (Lipinski definition) is 2. The fourth-order valence-corrected chi connectivity index (χ4v) is 5.36. The third-order valence-electron chi connectivity index (χ3n) is 7.09. The fraction of sp³-hybridized carbons (Fsp3) is 0.281. The van der Waals surface area contributed by atoms with E-state index in [1.807, 2.05) is 18.2 Å². The molecule has 0 fully saturated rings. The molecule has 1 aliphatic carbocycles. The number of anilines is 1. The molecule has 4 aromatic rings. The van der Waals surface area contributed by atoms with Gasteiger partial charge in [-0.25, -0.2) is 4.99 Å². The molecule has 0 bridgehead atoms. The highest BCUT2D eigenvalue weighted by molar-refractivity contribution is 6.22. The van der Waals surface area contributed by atoms with Crippen LogP contribution in [-0.4, -0.2) is 5.71 Å². The van der Waals surface area contributed by atoms with E-state index in [4.69, 9.17) is 4.99 Å². The van der Waals surface area contributed by atoms with Gasteiger partial charge in [-0.05, 0) is 70.0 Å². The summed E-state index contributed by atoms with van der Waals surface area (Å²) in [6.45, 7) is 10.3. The van der Waals surface area contributed by atoms with Crippen LogP contribution in [0.2, 0.25) is 0 Å². The normalized spacial score (nSPS) is 16.4. The van der Waals surface area contributed by atoms with Crippen LogP contribution in [0.3, 0.4) is 0 Å². The number of rotatable bonds is 5. The monoisotopic (exact) mass is 500 g/mol. The first-order valence-electron chi connectivity index (χ1n) is 12.7. The average molecular weight is 501 g/mol. The molecule has 0 spiro atoms. The van der Waals surface area contributed by atoms with E-state index in [0.29, 0.717) is 11.3 Å². The van der Waals surface area contributed by atoms with Crippen LogP contribution in [0.5, 0.6) is 0 Å². The van der Waals surface area contributed by atoms with Crippen molar-refractivity contribution >= 4 is 27.9 Å². The first kappa shape index (κ1) is 25.1. The van der Waals surface area contributed by atoms with Crippen molar-refractivity contribution in [2.24, 2.45) is 4.99 Å². The molecule has 1 unspecified atom stereocenters. The van der Waals surface area contributed by atoms with Crippen molar-refractivity contribution in [2.45, 2.75) is 58.7 Å². The summed E-state index contributed by atoms with van der Waals surface area (Å²) in [4.78, 5) is 5.34. The summed E-state index contributed by atoms with van der Waals surface area (Å²) in [6, 6.07) is 22.3. The van der Waals surface area contributed by atoms with Crippen molar-refractivity contribution in [2.75, 3.05) is 5.32 Å². The molecule has 0 heterocycles. The van der Waals surface area contributed by atoms with Crippen molar-refractivity contribution in [3.05, 3.63) is 106 Å². The molecule has 5 heteroatoms. The van der Waals surface area contributed by atoms with Gasteiger partial charge in [-0.2, -0.15) is 13.2 Å². The standard InChI is InChI=1S/C32H31F3N2/c1-18(2)24-11-8-12-25(19(3)4)29(24)37-31-27-14-7-10-21-9-6-13-26(28(21)27)30(31)36-23-16-20(5)15-22(17-23)32(33,34)35/h6-19,30,36H,1-5H3. The van der Waals surface area contributed by atoms with E-state index in [1.165, 1.54) is 12.1 Å². The van der Waals surface area contributed by atoms with Gasteiger partial charge >= 0.3 is 6.18 Å². The lowest BCUT2D eigenvalue weighted by Crippen LogP contribution is -2.18. The number of nitrogens with one attached hydrogen (secondary N) is 1. The van der Waals surface area contributed by atoms with Gasteiger partial charge in [0.25, 0.3) is 0 Å². The van der Waals surface area contributed by atoms with Crippen LogP contribution >= 0.6 is 0 Å². The Morgan fingerprint density at radius 1 is 0.811 bits per heavy atom. The summed E-state index contributed by atoms with van der Waals surface area (Å²) < 4.78 is 40.8. The molecule has 0 amide bonds. The minimum absolute atomic E-state index is 0.273. The molecule has 5 rings (SSSR count). The van der Waals surface area contributed by atoms with E-state index in [1.54, 1.807) is 13.0 Å². The Morgan fingerprint density at radius 3 is 2.05 bits per heavy atom. The van der Waals surface area contributed by atoms with Gasteiger partial charge in [0.05, 0.1) is 23.0 Å². The van der Waals surface area contributed by atoms with E-state index < -0.39 is 11.7 Å². The van der Waals surface area contributed by atoms with Crippen LogP contribution in [0.1, 0.15) is 79.0 Å². The number of para-hydroxylation sites is 1. The van der Waals surface area contributed by atoms with Gasteiger partial charge in [0.15, 0.2) is 0 Å². The fourth-order valence-electron chi connectivity index (χ4n) is 5.36. The van der Waals surface area contributed by atoms with E-state index in [-0.39, 0.29) is 17.9 Å². The van der Waals surface area contributed by atoms with Crippen molar-refractivity contribution in [1.82, 2.24) is 0 Å². The molecule has 0 radical (unpaired) electrons. The van der Waals surface area contributed by atoms with Crippen molar-refractivity contribution < 1.29 is 13.2 Å². The Balaban J connectivity index is 1.73. The third kappa shape index (κ3) is 4.63. The van der Waals surface area contributed by atoms with E-state index >= 15 is 0 Å². The second-order valence-electron chi connectivity index (χ2n) is 10.5. The van der Waals surface area contributed by atoms with E-state index in [2.05, 4.69) is 69.4 Å². The number of hydrogen-bond donors (Lipinski definition) is 1. The minimum Gasteiger partial charge on any atom is -0.373 e. The van der Waals surface area contributed by atoms with Crippen molar-refractivity contribution in [1.29, 1.82) is 0 Å². The Hall–Kier alpha value is -3.60. The SMILES string of the molecule is Cc1cc(NC2C(=Nc3c(C(C)C)cccc3C(C)C)c3cccc4cccc2c34)cc(C(F)(F)F)c1. The predicted octanol–water partition coefficient (Wildman–Crippen LogP) is 9.70. The smallest absolute Gasteiger partial charge is 0.373 e. The second-order valence-corrected chi connectivity index (χ2v) is 10.5. The maximum atomic E-state index is 13.6. The van der Waals surface area contributed by atoms with Gasteiger partial charge in [0.1, 0.15) is 0 Å². The van der Waals surface area contributed by atoms with Crippen LogP contribution in [0, 0.1) is 6.92 Å². The molecule has 2 nitrogen and oxygen atoms in total. The largest absolute Gasteiger partial charge is 0.416 e. The minimum atomic E-state index is -4.42. The van der Waals surface area contributed by atoms with Gasteiger partial charge in [-0.15, -0.1) is 0 Å². The van der Waals surface area contributed by atoms with Crippen molar-refractivity contribution in [3.63, 3.8) is 0 Å². The molecule has 4 aromatic carbocycles. The molecule has 0 aliphatic heterocycles. The van der Waals surface area contributed by atoms with Gasteiger partial charge in [-0.1, -0.05) is 82.3 Å². The zero-order valence-electron chi connectivity index (χ0n) is 21.7. The first-order valence-corrected chi connectivity index (χ1v) is 12.7. The number of benzene rings is 4. The number of halogens is 3. The lowest BCUT2D eigenvalue weighted by molar-refractivity contribution is -0.137. The van der Waals surface area contributed by atoms with Crippen LogP contribution < -0.4 is 5.32 Å². The van der Waals surface area contributed by atoms with Crippen molar-refractivity contribution in [3.8, 4) is 0 Å². The molecular weight excluding hydrogens is 469 g/mol. The summed E-state index contributed by atoms with van der Waals surface area (Å²) in [5.74, 6) is 0.547. The van der Waals surface area contributed by atoms with Crippen LogP contribution in [0.4, 0.5) is 24.5 Å². The lowest BCUT2D eigenvalue weighted by Gasteiger charge is -2.21. The van der Waals surface area contributed by atoms with Crippen LogP contribution in [-0.2, 0) is 6.18 Å². The summed E-state index contributed by atoms with van der Waals surface area (Å²) in [7, 11) is 0. The Bertz CT molecular complexity index is 1480. The molecule has 37 heavy (non-hydrogen) atoms. The Kier molecular flexibility index (Phi) is 6.35. The van der Waals surface area contributed by atoms with Gasteiger partial charge in [0.2, 0.25) is 0 Å². The summed E-state index contributed by atoms with van der Waals surface area (Å²) in [5, 5.41) is 5.62. The predicted molar refractivity (Wildman–Crippen MR) is 147 cm³/mol. The summed E-state index contributed by atoms with van der Waals surface area (Å²) >= 11 is 0. The summed E-state index contributed by atoms with van der Waals surface area (Å²) in [6.07, 6.45) is -4.42. The van der Waals surface area contributed by atoms with Gasteiger partial charge in [-0.3, -0.25) is 0 Å². The Labute approximate surface area is 216 Å². The van der Waals surface area contributed by atoms with E-state index in [0.717, 1.165) is 44.4 Å². The lowest BCUT2D eigenvalue weighted by atomic mass is 9.92. The molecular formula is C32H31F3N2. The zero-order chi connectivity index (χ0) is 26.5. The number of aryl methyl sites for hydroxylation is 1. The van der Waals surface area contributed by atoms with Gasteiger partial charge in [0, 0.05) is 11.3 Å².